The maximum Gasteiger partial charge on any atom is 0.191 e. The molecule has 0 amide bonds. The zero-order valence-electron chi connectivity index (χ0n) is 17.1. The van der Waals surface area contributed by atoms with E-state index in [0.29, 0.717) is 5.92 Å². The second-order valence-corrected chi connectivity index (χ2v) is 8.27. The molecule has 8 heteroatoms. The van der Waals surface area contributed by atoms with Crippen molar-refractivity contribution in [2.24, 2.45) is 10.9 Å². The molecule has 0 unspecified atom stereocenters. The molecule has 0 saturated carbocycles. The third-order valence-corrected chi connectivity index (χ3v) is 6.04. The quantitative estimate of drug-likeness (QED) is 0.497. The van der Waals surface area contributed by atoms with E-state index in [1.807, 2.05) is 11.3 Å². The zero-order valence-corrected chi connectivity index (χ0v) is 17.9. The van der Waals surface area contributed by atoms with Gasteiger partial charge in [0.05, 0.1) is 0 Å². The van der Waals surface area contributed by atoms with Gasteiger partial charge in [0.25, 0.3) is 0 Å². The summed E-state index contributed by atoms with van der Waals surface area (Å²) in [6.07, 6.45) is 5.16. The van der Waals surface area contributed by atoms with Crippen LogP contribution in [0.2, 0.25) is 0 Å². The van der Waals surface area contributed by atoms with Crippen LogP contribution in [0, 0.1) is 5.92 Å². The van der Waals surface area contributed by atoms with Crippen molar-refractivity contribution in [2.75, 3.05) is 32.7 Å². The average Bonchev–Trinajstić information content (AvgIpc) is 3.39. The Morgan fingerprint density at radius 3 is 2.86 bits per heavy atom. The molecule has 2 N–H and O–H groups in total. The van der Waals surface area contributed by atoms with Crippen molar-refractivity contribution in [2.45, 2.75) is 46.2 Å². The summed E-state index contributed by atoms with van der Waals surface area (Å²) in [6.45, 7) is 11.1. The van der Waals surface area contributed by atoms with E-state index in [0.717, 1.165) is 50.9 Å². The van der Waals surface area contributed by atoms with Gasteiger partial charge < -0.3 is 15.2 Å². The fraction of sp³-hybridized carbons (Fsp3) is 0.650. The highest BCUT2D eigenvalue weighted by Gasteiger charge is 2.19. The molecule has 154 valence electrons. The maximum absolute atomic E-state index is 4.84. The van der Waals surface area contributed by atoms with Crippen LogP contribution < -0.4 is 10.6 Å². The van der Waals surface area contributed by atoms with Gasteiger partial charge in [0.15, 0.2) is 5.96 Å². The number of guanidine groups is 1. The summed E-state index contributed by atoms with van der Waals surface area (Å²) in [5.41, 5.74) is 0. The average molecular weight is 404 g/mol. The lowest BCUT2D eigenvalue weighted by Gasteiger charge is -2.31. The normalized spacial score (nSPS) is 16.4. The van der Waals surface area contributed by atoms with E-state index in [-0.39, 0.29) is 0 Å². The highest BCUT2D eigenvalue weighted by Crippen LogP contribution is 2.20. The molecule has 0 spiro atoms. The van der Waals surface area contributed by atoms with Gasteiger partial charge in [0, 0.05) is 44.0 Å². The van der Waals surface area contributed by atoms with Gasteiger partial charge in [0.2, 0.25) is 0 Å². The largest absolute Gasteiger partial charge is 0.357 e. The van der Waals surface area contributed by atoms with Crippen molar-refractivity contribution in [3.05, 3.63) is 34.5 Å². The lowest BCUT2D eigenvalue weighted by Crippen LogP contribution is -2.40. The first-order valence-corrected chi connectivity index (χ1v) is 11.3. The number of aromatic nitrogens is 3. The molecule has 3 heterocycles. The first-order valence-electron chi connectivity index (χ1n) is 10.4. The van der Waals surface area contributed by atoms with Gasteiger partial charge in [-0.25, -0.2) is 0 Å². The summed E-state index contributed by atoms with van der Waals surface area (Å²) in [7, 11) is 0. The lowest BCUT2D eigenvalue weighted by molar-refractivity contribution is 0.182. The predicted molar refractivity (Wildman–Crippen MR) is 116 cm³/mol. The molecule has 2 aromatic heterocycles. The molecule has 0 aromatic carbocycles. The first-order chi connectivity index (χ1) is 13.8. The third-order valence-electron chi connectivity index (χ3n) is 5.18. The topological polar surface area (TPSA) is 70.4 Å². The molecule has 1 fully saturated rings. The Kier molecular flexibility index (Phi) is 8.29. The SMILES string of the molecule is CCNC(=NCC1CCN(Cc2cccs2)CC1)NCCn1cnnc1CC. The first kappa shape index (κ1) is 20.8. The molecule has 0 bridgehead atoms. The minimum Gasteiger partial charge on any atom is -0.357 e. The summed E-state index contributed by atoms with van der Waals surface area (Å²) >= 11 is 1.86. The van der Waals surface area contributed by atoms with Gasteiger partial charge in [0.1, 0.15) is 12.2 Å². The molecule has 0 radical (unpaired) electrons. The Bertz CT molecular complexity index is 702. The van der Waals surface area contributed by atoms with Gasteiger partial charge in [-0.2, -0.15) is 0 Å². The van der Waals surface area contributed by atoms with E-state index in [4.69, 9.17) is 4.99 Å². The van der Waals surface area contributed by atoms with Crippen molar-refractivity contribution >= 4 is 17.3 Å². The minimum absolute atomic E-state index is 0.680. The van der Waals surface area contributed by atoms with Gasteiger partial charge in [-0.15, -0.1) is 21.5 Å². The van der Waals surface area contributed by atoms with Crippen LogP contribution in [0.25, 0.3) is 0 Å². The number of aliphatic imine (C=N–C) groups is 1. The zero-order chi connectivity index (χ0) is 19.6. The number of piperidine rings is 1. The summed E-state index contributed by atoms with van der Waals surface area (Å²) < 4.78 is 2.10. The van der Waals surface area contributed by atoms with Crippen molar-refractivity contribution in [1.82, 2.24) is 30.3 Å². The summed E-state index contributed by atoms with van der Waals surface area (Å²) in [6, 6.07) is 4.38. The van der Waals surface area contributed by atoms with Crippen molar-refractivity contribution in [1.29, 1.82) is 0 Å². The molecular formula is C20H33N7S. The number of hydrogen-bond acceptors (Lipinski definition) is 5. The van der Waals surface area contributed by atoms with Gasteiger partial charge in [-0.3, -0.25) is 9.89 Å². The Balaban J connectivity index is 1.40. The van der Waals surface area contributed by atoms with Crippen molar-refractivity contribution in [3.8, 4) is 0 Å². The Morgan fingerprint density at radius 2 is 2.14 bits per heavy atom. The smallest absolute Gasteiger partial charge is 0.191 e. The van der Waals surface area contributed by atoms with E-state index >= 15 is 0 Å². The van der Waals surface area contributed by atoms with Crippen LogP contribution in [0.1, 0.15) is 37.4 Å². The lowest BCUT2D eigenvalue weighted by atomic mass is 9.97. The van der Waals surface area contributed by atoms with Crippen LogP contribution in [-0.4, -0.2) is 58.3 Å². The minimum atomic E-state index is 0.680. The fourth-order valence-corrected chi connectivity index (χ4v) is 4.29. The standard InChI is InChI=1S/C20H33N7S/c1-3-19-25-24-16-27(19)12-9-22-20(21-4-2)23-14-17-7-10-26(11-8-17)15-18-6-5-13-28-18/h5-6,13,16-17H,3-4,7-12,14-15H2,1-2H3,(H2,21,22,23). The van der Waals surface area contributed by atoms with Crippen LogP contribution in [0.3, 0.4) is 0 Å². The predicted octanol–water partition coefficient (Wildman–Crippen LogP) is 2.37. The molecule has 7 nitrogen and oxygen atoms in total. The van der Waals surface area contributed by atoms with E-state index in [1.165, 1.54) is 30.8 Å². The summed E-state index contributed by atoms with van der Waals surface area (Å²) in [5.74, 6) is 2.62. The molecule has 1 aliphatic heterocycles. The van der Waals surface area contributed by atoms with Crippen LogP contribution in [0.15, 0.2) is 28.8 Å². The Labute approximate surface area is 172 Å². The third kappa shape index (κ3) is 6.31. The Hall–Kier alpha value is -1.93. The van der Waals surface area contributed by atoms with Gasteiger partial charge >= 0.3 is 0 Å². The second-order valence-electron chi connectivity index (χ2n) is 7.24. The van der Waals surface area contributed by atoms with Gasteiger partial charge in [-0.05, 0) is 50.2 Å². The van der Waals surface area contributed by atoms with Crippen LogP contribution in [0.4, 0.5) is 0 Å². The highest BCUT2D eigenvalue weighted by atomic mass is 32.1. The maximum atomic E-state index is 4.84. The number of nitrogens with zero attached hydrogens (tertiary/aromatic N) is 5. The van der Waals surface area contributed by atoms with Crippen LogP contribution in [-0.2, 0) is 19.5 Å². The number of thiophene rings is 1. The molecule has 1 saturated heterocycles. The number of nitrogens with one attached hydrogen (secondary N) is 2. The number of rotatable bonds is 9. The molecule has 0 atom stereocenters. The summed E-state index contributed by atoms with van der Waals surface area (Å²) in [5, 5.41) is 17.1. The highest BCUT2D eigenvalue weighted by molar-refractivity contribution is 7.09. The number of aryl methyl sites for hydroxylation is 1. The van der Waals surface area contributed by atoms with E-state index in [9.17, 15) is 0 Å². The Morgan fingerprint density at radius 1 is 1.29 bits per heavy atom. The second kappa shape index (κ2) is 11.2. The fourth-order valence-electron chi connectivity index (χ4n) is 3.55. The monoisotopic (exact) mass is 403 g/mol. The molecule has 28 heavy (non-hydrogen) atoms. The number of hydrogen-bond donors (Lipinski definition) is 2. The van der Waals surface area contributed by atoms with E-state index in [2.05, 4.69) is 61.7 Å². The molecular weight excluding hydrogens is 370 g/mol. The van der Waals surface area contributed by atoms with Crippen LogP contribution in [0.5, 0.6) is 0 Å². The van der Waals surface area contributed by atoms with E-state index in [1.54, 1.807) is 6.33 Å². The van der Waals surface area contributed by atoms with Crippen LogP contribution >= 0.6 is 11.3 Å². The molecule has 1 aliphatic rings. The summed E-state index contributed by atoms with van der Waals surface area (Å²) in [4.78, 5) is 8.87. The van der Waals surface area contributed by atoms with E-state index < -0.39 is 0 Å². The van der Waals surface area contributed by atoms with Crippen molar-refractivity contribution in [3.63, 3.8) is 0 Å². The molecule has 0 aliphatic carbocycles. The molecule has 3 rings (SSSR count). The number of likely N-dealkylation sites (tertiary alicyclic amines) is 1. The molecule has 2 aromatic rings. The van der Waals surface area contributed by atoms with Gasteiger partial charge in [-0.1, -0.05) is 13.0 Å². The van der Waals surface area contributed by atoms with Crippen molar-refractivity contribution < 1.29 is 0 Å².